The second kappa shape index (κ2) is 9.25. The topological polar surface area (TPSA) is 12.4 Å². The number of isothiocyanates is 1. The van der Waals surface area contributed by atoms with Crippen LogP contribution in [-0.2, 0) is 0 Å². The van der Waals surface area contributed by atoms with Gasteiger partial charge in [-0.05, 0) is 19.1 Å². The van der Waals surface area contributed by atoms with Gasteiger partial charge in [0.2, 0.25) is 0 Å². The standard InChI is InChI=1S/C3H5NS.Na.H/c1-2-4-3-5;;/h2H2,1H3;;/q;+1;-1. The molecule has 6 heavy (non-hydrogen) atoms. The Bertz CT molecular complexity index is 62.0. The van der Waals surface area contributed by atoms with Crippen LogP contribution < -0.4 is 29.6 Å². The monoisotopic (exact) mass is 111 g/mol. The molecule has 1 nitrogen and oxygen atoms in total. The summed E-state index contributed by atoms with van der Waals surface area (Å²) in [4.78, 5) is 3.54. The van der Waals surface area contributed by atoms with Gasteiger partial charge >= 0.3 is 29.6 Å². The molecule has 0 aliphatic heterocycles. The summed E-state index contributed by atoms with van der Waals surface area (Å²) >= 11 is 4.23. The van der Waals surface area contributed by atoms with Crippen LogP contribution in [0.5, 0.6) is 0 Å². The molecule has 0 bridgehead atoms. The van der Waals surface area contributed by atoms with E-state index in [1.54, 1.807) is 0 Å². The molecule has 0 heterocycles. The van der Waals surface area contributed by atoms with E-state index in [1.165, 1.54) is 0 Å². The molecule has 0 radical (unpaired) electrons. The van der Waals surface area contributed by atoms with Crippen molar-refractivity contribution < 1.29 is 31.0 Å². The third-order valence-corrected chi connectivity index (χ3v) is 0.352. The Hall–Kier alpha value is 0.800. The smallest absolute Gasteiger partial charge is 1.00 e. The molecule has 0 rings (SSSR count). The van der Waals surface area contributed by atoms with E-state index < -0.39 is 0 Å². The first-order valence-corrected chi connectivity index (χ1v) is 1.86. The maximum absolute atomic E-state index is 4.23. The van der Waals surface area contributed by atoms with Gasteiger partial charge in [0.1, 0.15) is 0 Å². The summed E-state index contributed by atoms with van der Waals surface area (Å²) in [5, 5.41) is 2.23. The van der Waals surface area contributed by atoms with E-state index in [9.17, 15) is 0 Å². The summed E-state index contributed by atoms with van der Waals surface area (Å²) in [6, 6.07) is 0. The molecule has 0 atom stereocenters. The third kappa shape index (κ3) is 8.84. The quantitative estimate of drug-likeness (QED) is 0.221. The Kier molecular flexibility index (Phi) is 15.3. The Morgan fingerprint density at radius 1 is 2.00 bits per heavy atom. The summed E-state index contributed by atoms with van der Waals surface area (Å²) in [5.41, 5.74) is 0. The Labute approximate surface area is 66.6 Å². The van der Waals surface area contributed by atoms with E-state index in [1.807, 2.05) is 6.92 Å². The van der Waals surface area contributed by atoms with Crippen LogP contribution in [0.15, 0.2) is 4.99 Å². The number of nitrogens with zero attached hydrogens (tertiary/aromatic N) is 1. The minimum absolute atomic E-state index is 0. The van der Waals surface area contributed by atoms with Crippen molar-refractivity contribution in [2.24, 2.45) is 4.99 Å². The average Bonchev–Trinajstić information content (AvgIpc) is 1.41. The van der Waals surface area contributed by atoms with Gasteiger partial charge in [0.15, 0.2) is 0 Å². The SMILES string of the molecule is CCN=C=S.[H-].[Na+]. The van der Waals surface area contributed by atoms with E-state index >= 15 is 0 Å². The van der Waals surface area contributed by atoms with Gasteiger partial charge in [-0.1, -0.05) is 0 Å². The molecule has 0 N–H and O–H groups in total. The molecule has 0 saturated carbocycles. The molecule has 0 saturated heterocycles. The van der Waals surface area contributed by atoms with Crippen LogP contribution in [0, 0.1) is 0 Å². The van der Waals surface area contributed by atoms with Crippen LogP contribution in [-0.4, -0.2) is 11.7 Å². The molecule has 30 valence electrons. The van der Waals surface area contributed by atoms with Crippen molar-refractivity contribution in [2.45, 2.75) is 6.92 Å². The summed E-state index contributed by atoms with van der Waals surface area (Å²) in [6.07, 6.45) is 0. The van der Waals surface area contributed by atoms with Crippen molar-refractivity contribution in [3.8, 4) is 0 Å². The minimum Gasteiger partial charge on any atom is -1.00 e. The normalized spacial score (nSPS) is 4.83. The summed E-state index contributed by atoms with van der Waals surface area (Å²) in [6.45, 7) is 2.67. The van der Waals surface area contributed by atoms with Crippen LogP contribution in [0.3, 0.4) is 0 Å². The van der Waals surface area contributed by atoms with Crippen molar-refractivity contribution in [2.75, 3.05) is 6.54 Å². The predicted octanol–water partition coefficient (Wildman–Crippen LogP) is -1.77. The average molecular weight is 111 g/mol. The maximum Gasteiger partial charge on any atom is 1.00 e. The Morgan fingerprint density at radius 2 is 2.50 bits per heavy atom. The number of aliphatic imine (C=N–C) groups is 1. The van der Waals surface area contributed by atoms with Gasteiger partial charge in [-0.15, -0.1) is 0 Å². The molecule has 0 aromatic carbocycles. The number of thiocarbonyl (C=S) groups is 1. The fourth-order valence-electron chi connectivity index (χ4n) is 0.0645. The fraction of sp³-hybridized carbons (Fsp3) is 0.667. The molecule has 0 fully saturated rings. The molecule has 0 unspecified atom stereocenters. The molecular formula is C3H6NNaS. The summed E-state index contributed by atoms with van der Waals surface area (Å²) in [7, 11) is 0. The molecule has 3 heteroatoms. The van der Waals surface area contributed by atoms with E-state index in [2.05, 4.69) is 22.4 Å². The van der Waals surface area contributed by atoms with Crippen molar-refractivity contribution in [3.63, 3.8) is 0 Å². The van der Waals surface area contributed by atoms with Gasteiger partial charge in [0.25, 0.3) is 0 Å². The van der Waals surface area contributed by atoms with Gasteiger partial charge in [-0.2, -0.15) is 0 Å². The van der Waals surface area contributed by atoms with Crippen molar-refractivity contribution >= 4 is 17.4 Å². The minimum atomic E-state index is 0. The van der Waals surface area contributed by atoms with Crippen molar-refractivity contribution in [3.05, 3.63) is 0 Å². The molecule has 0 spiro atoms. The molecular weight excluding hydrogens is 105 g/mol. The third-order valence-electron chi connectivity index (χ3n) is 0.223. The molecule has 0 aromatic rings. The van der Waals surface area contributed by atoms with Gasteiger partial charge in [-0.3, -0.25) is 0 Å². The second-order valence-corrected chi connectivity index (χ2v) is 0.748. The number of rotatable bonds is 1. The van der Waals surface area contributed by atoms with Gasteiger partial charge in [-0.25, -0.2) is 4.99 Å². The van der Waals surface area contributed by atoms with E-state index in [-0.39, 0.29) is 31.0 Å². The molecule has 0 aliphatic carbocycles. The van der Waals surface area contributed by atoms with Crippen LogP contribution in [0.25, 0.3) is 0 Å². The largest absolute Gasteiger partial charge is 1.00 e. The predicted molar refractivity (Wildman–Crippen MR) is 26.7 cm³/mol. The first-order valence-electron chi connectivity index (χ1n) is 1.45. The Balaban J connectivity index is -0.0000000800. The summed E-state index contributed by atoms with van der Waals surface area (Å²) in [5.74, 6) is 0. The number of hydrogen-bond acceptors (Lipinski definition) is 2. The van der Waals surface area contributed by atoms with E-state index in [0.29, 0.717) is 0 Å². The maximum atomic E-state index is 4.23. The van der Waals surface area contributed by atoms with E-state index in [4.69, 9.17) is 0 Å². The van der Waals surface area contributed by atoms with Crippen LogP contribution >= 0.6 is 12.2 Å². The van der Waals surface area contributed by atoms with Gasteiger partial charge < -0.3 is 1.43 Å². The summed E-state index contributed by atoms with van der Waals surface area (Å²) < 4.78 is 0. The van der Waals surface area contributed by atoms with Crippen LogP contribution in [0.2, 0.25) is 0 Å². The first-order chi connectivity index (χ1) is 2.41. The van der Waals surface area contributed by atoms with Gasteiger partial charge in [0.05, 0.1) is 5.16 Å². The van der Waals surface area contributed by atoms with Crippen molar-refractivity contribution in [1.82, 2.24) is 0 Å². The Morgan fingerprint density at radius 3 is 2.50 bits per heavy atom. The zero-order valence-electron chi connectivity index (χ0n) is 5.06. The van der Waals surface area contributed by atoms with Crippen LogP contribution in [0.4, 0.5) is 0 Å². The molecule has 0 aliphatic rings. The number of hydrogen-bond donors (Lipinski definition) is 0. The zero-order chi connectivity index (χ0) is 4.12. The molecule has 0 amide bonds. The van der Waals surface area contributed by atoms with Crippen LogP contribution in [0.1, 0.15) is 8.35 Å². The first kappa shape index (κ1) is 9.93. The van der Waals surface area contributed by atoms with Gasteiger partial charge in [0, 0.05) is 6.54 Å². The zero-order valence-corrected chi connectivity index (χ0v) is 6.88. The fourth-order valence-corrected chi connectivity index (χ4v) is 0.194. The van der Waals surface area contributed by atoms with E-state index in [0.717, 1.165) is 6.54 Å². The molecule has 0 aromatic heterocycles. The second-order valence-electron chi connectivity index (χ2n) is 0.566. The van der Waals surface area contributed by atoms with Crippen molar-refractivity contribution in [1.29, 1.82) is 0 Å².